The van der Waals surface area contributed by atoms with E-state index >= 15 is 0 Å². The molecular weight excluding hydrogens is 610 g/mol. The van der Waals surface area contributed by atoms with Gasteiger partial charge in [0.25, 0.3) is 5.91 Å². The van der Waals surface area contributed by atoms with E-state index in [1.807, 2.05) is 91.3 Å². The Balaban J connectivity index is 0.968. The second-order valence-electron chi connectivity index (χ2n) is 14.7. The molecule has 2 fully saturated rings. The van der Waals surface area contributed by atoms with Crippen LogP contribution in [0.1, 0.15) is 79.3 Å². The lowest BCUT2D eigenvalue weighted by Crippen LogP contribution is -2.47. The van der Waals surface area contributed by atoms with Gasteiger partial charge in [-0.2, -0.15) is 10.2 Å². The van der Waals surface area contributed by atoms with Crippen LogP contribution in [-0.2, 0) is 11.8 Å². The summed E-state index contributed by atoms with van der Waals surface area (Å²) < 4.78 is 3.64. The lowest BCUT2D eigenvalue weighted by atomic mass is 9.85. The number of amides is 3. The van der Waals surface area contributed by atoms with Crippen molar-refractivity contribution in [3.8, 4) is 11.4 Å². The molecule has 2 atom stereocenters. The Hall–Kier alpha value is -5.18. The molecule has 2 bridgehead atoms. The summed E-state index contributed by atoms with van der Waals surface area (Å²) in [5, 5.41) is 15.4. The van der Waals surface area contributed by atoms with Gasteiger partial charge in [-0.05, 0) is 93.8 Å². The monoisotopic (exact) mass is 655 g/mol. The number of nitrogens with one attached hydrogen (secondary N) is 2. The maximum Gasteiger partial charge on any atom is 0.324 e. The average Bonchev–Trinajstić information content (AvgIpc) is 3.76. The molecule has 2 N–H and O–H groups in total. The van der Waals surface area contributed by atoms with Crippen LogP contribution in [0.4, 0.5) is 16.3 Å². The zero-order valence-electron chi connectivity index (χ0n) is 29.0. The molecule has 2 aliphatic heterocycles. The molecule has 5 aromatic rings. The molecule has 7 rings (SSSR count). The summed E-state index contributed by atoms with van der Waals surface area (Å²) in [6, 6.07) is 28.3. The van der Waals surface area contributed by atoms with Crippen LogP contribution in [0.5, 0.6) is 0 Å². The van der Waals surface area contributed by atoms with E-state index in [0.717, 1.165) is 66.1 Å². The fourth-order valence-electron chi connectivity index (χ4n) is 7.43. The fourth-order valence-corrected chi connectivity index (χ4v) is 7.43. The van der Waals surface area contributed by atoms with E-state index < -0.39 is 0 Å². The zero-order chi connectivity index (χ0) is 34.3. The molecule has 49 heavy (non-hydrogen) atoms. The first-order chi connectivity index (χ1) is 23.5. The van der Waals surface area contributed by atoms with Gasteiger partial charge in [-0.3, -0.25) is 10.1 Å². The normalized spacial score (nSPS) is 18.8. The van der Waals surface area contributed by atoms with Crippen LogP contribution in [0.3, 0.4) is 0 Å². The molecule has 2 unspecified atom stereocenters. The number of piperidine rings is 1. The summed E-state index contributed by atoms with van der Waals surface area (Å²) >= 11 is 0. The number of aromatic nitrogens is 4. The van der Waals surface area contributed by atoms with Crippen molar-refractivity contribution in [1.82, 2.24) is 24.5 Å². The predicted molar refractivity (Wildman–Crippen MR) is 194 cm³/mol. The molecule has 9 nitrogen and oxygen atoms in total. The highest BCUT2D eigenvalue weighted by Crippen LogP contribution is 2.41. The molecular formula is C40H45N7O2. The van der Waals surface area contributed by atoms with Crippen LogP contribution in [0.2, 0.25) is 0 Å². The van der Waals surface area contributed by atoms with Crippen LogP contribution < -0.4 is 10.6 Å². The van der Waals surface area contributed by atoms with Gasteiger partial charge in [0.1, 0.15) is 5.82 Å². The molecule has 2 aromatic heterocycles. The van der Waals surface area contributed by atoms with Crippen molar-refractivity contribution in [2.24, 2.45) is 5.92 Å². The Morgan fingerprint density at radius 3 is 2.12 bits per heavy atom. The molecule has 2 aliphatic rings. The van der Waals surface area contributed by atoms with Gasteiger partial charge in [0.05, 0.1) is 34.5 Å². The largest absolute Gasteiger partial charge is 0.333 e. The van der Waals surface area contributed by atoms with Crippen LogP contribution in [-0.4, -0.2) is 48.5 Å². The van der Waals surface area contributed by atoms with Crippen molar-refractivity contribution in [3.63, 3.8) is 0 Å². The van der Waals surface area contributed by atoms with Crippen LogP contribution >= 0.6 is 0 Å². The summed E-state index contributed by atoms with van der Waals surface area (Å²) in [4.78, 5) is 29.1. The second-order valence-corrected chi connectivity index (χ2v) is 14.7. The highest BCUT2D eigenvalue weighted by Gasteiger charge is 2.44. The Labute approximate surface area is 288 Å². The lowest BCUT2D eigenvalue weighted by Gasteiger charge is -2.39. The first kappa shape index (κ1) is 32.4. The van der Waals surface area contributed by atoms with E-state index in [0.29, 0.717) is 17.3 Å². The molecule has 2 saturated heterocycles. The number of urea groups is 1. The van der Waals surface area contributed by atoms with E-state index in [4.69, 9.17) is 5.10 Å². The SMILES string of the molecule is Cc1ccc(-n2nc(C(C)(C)C)cc2NC(=O)Nc2ccc(CC3CC4CCC(C3)N4C(=O)c3cnn(-c4ccccc4)c3C)cc2)cc1. The van der Waals surface area contributed by atoms with Crippen LogP contribution in [0.15, 0.2) is 91.1 Å². The van der Waals surface area contributed by atoms with Crippen molar-refractivity contribution in [1.29, 1.82) is 0 Å². The highest BCUT2D eigenvalue weighted by atomic mass is 16.2. The lowest BCUT2D eigenvalue weighted by molar-refractivity contribution is 0.0523. The Morgan fingerprint density at radius 1 is 0.816 bits per heavy atom. The van der Waals surface area contributed by atoms with Gasteiger partial charge >= 0.3 is 6.03 Å². The van der Waals surface area contributed by atoms with E-state index in [9.17, 15) is 9.59 Å². The topological polar surface area (TPSA) is 97.1 Å². The van der Waals surface area contributed by atoms with Gasteiger partial charge in [-0.15, -0.1) is 0 Å². The molecule has 252 valence electrons. The zero-order valence-corrected chi connectivity index (χ0v) is 29.0. The van der Waals surface area contributed by atoms with Gasteiger partial charge < -0.3 is 10.2 Å². The van der Waals surface area contributed by atoms with Gasteiger partial charge in [0.15, 0.2) is 0 Å². The molecule has 0 saturated carbocycles. The number of anilines is 2. The Kier molecular flexibility index (Phi) is 8.61. The van der Waals surface area contributed by atoms with E-state index in [2.05, 4.69) is 53.5 Å². The minimum atomic E-state index is -0.320. The van der Waals surface area contributed by atoms with Crippen molar-refractivity contribution < 1.29 is 9.59 Å². The van der Waals surface area contributed by atoms with Gasteiger partial charge in [0.2, 0.25) is 0 Å². The standard InChI is InChI=1S/C40H45N7O2/c1-26-11-17-32(18-12-26)47-37(24-36(44-47)40(3,4)5)43-39(49)42-30-15-13-28(14-16-30)21-29-22-33-19-20-34(23-29)45(33)38(48)35-25-41-46(27(35)2)31-9-7-6-8-10-31/h6-18,24-25,29,33-34H,19-23H2,1-5H3,(H2,42,43,49). The number of benzene rings is 3. The number of nitrogens with zero attached hydrogens (tertiary/aromatic N) is 5. The average molecular weight is 656 g/mol. The number of rotatable bonds is 7. The highest BCUT2D eigenvalue weighted by molar-refractivity contribution is 5.99. The van der Waals surface area contributed by atoms with Crippen LogP contribution in [0, 0.1) is 19.8 Å². The van der Waals surface area contributed by atoms with Gasteiger partial charge in [-0.1, -0.05) is 68.8 Å². The van der Waals surface area contributed by atoms with Gasteiger partial charge in [0, 0.05) is 29.3 Å². The maximum absolute atomic E-state index is 13.8. The van der Waals surface area contributed by atoms with E-state index in [1.165, 1.54) is 5.56 Å². The van der Waals surface area contributed by atoms with Gasteiger partial charge in [-0.25, -0.2) is 14.2 Å². The van der Waals surface area contributed by atoms with Crippen molar-refractivity contribution >= 4 is 23.4 Å². The molecule has 9 heteroatoms. The Morgan fingerprint density at radius 2 is 1.47 bits per heavy atom. The van der Waals surface area contributed by atoms with Crippen molar-refractivity contribution in [3.05, 3.63) is 119 Å². The summed E-state index contributed by atoms with van der Waals surface area (Å²) in [6.07, 6.45) is 6.79. The van der Waals surface area contributed by atoms with Crippen LogP contribution in [0.25, 0.3) is 11.4 Å². The predicted octanol–water partition coefficient (Wildman–Crippen LogP) is 8.24. The van der Waals surface area contributed by atoms with E-state index in [1.54, 1.807) is 10.9 Å². The number of hydrogen-bond acceptors (Lipinski definition) is 4. The summed E-state index contributed by atoms with van der Waals surface area (Å²) in [5.41, 5.74) is 7.28. The number of fused-ring (bicyclic) bond motifs is 2. The quantitative estimate of drug-likeness (QED) is 0.185. The number of carbonyl (C=O) groups is 2. The summed E-state index contributed by atoms with van der Waals surface area (Å²) in [6.45, 7) is 10.4. The van der Waals surface area contributed by atoms with Crippen molar-refractivity contribution in [2.45, 2.75) is 84.2 Å². The minimum absolute atomic E-state index is 0.107. The maximum atomic E-state index is 13.8. The first-order valence-electron chi connectivity index (χ1n) is 17.3. The molecule has 4 heterocycles. The third kappa shape index (κ3) is 6.75. The Bertz CT molecular complexity index is 1940. The fraction of sp³-hybridized carbons (Fsp3) is 0.350. The van der Waals surface area contributed by atoms with E-state index in [-0.39, 0.29) is 29.4 Å². The summed E-state index contributed by atoms with van der Waals surface area (Å²) in [5.74, 6) is 1.23. The molecule has 3 aromatic carbocycles. The smallest absolute Gasteiger partial charge is 0.324 e. The minimum Gasteiger partial charge on any atom is -0.333 e. The third-order valence-corrected chi connectivity index (χ3v) is 10.0. The number of aryl methyl sites for hydroxylation is 1. The number of hydrogen-bond donors (Lipinski definition) is 2. The first-order valence-corrected chi connectivity index (χ1v) is 17.3. The summed E-state index contributed by atoms with van der Waals surface area (Å²) in [7, 11) is 0. The van der Waals surface area contributed by atoms with Crippen molar-refractivity contribution in [2.75, 3.05) is 10.6 Å². The second kappa shape index (κ2) is 13.0. The number of para-hydroxylation sites is 1. The molecule has 0 spiro atoms. The number of carbonyl (C=O) groups excluding carboxylic acids is 2. The molecule has 0 radical (unpaired) electrons. The molecule has 0 aliphatic carbocycles. The third-order valence-electron chi connectivity index (χ3n) is 10.0. The molecule has 3 amide bonds.